The van der Waals surface area contributed by atoms with Crippen LogP contribution in [0.15, 0.2) is 24.3 Å². The molecule has 0 heterocycles. The molecule has 0 spiro atoms. The van der Waals surface area contributed by atoms with Gasteiger partial charge >= 0.3 is 0 Å². The van der Waals surface area contributed by atoms with Gasteiger partial charge in [-0.05, 0) is 87.5 Å². The van der Waals surface area contributed by atoms with E-state index in [0.29, 0.717) is 35.7 Å². The lowest BCUT2D eigenvalue weighted by Gasteiger charge is -2.55. The van der Waals surface area contributed by atoms with Crippen molar-refractivity contribution in [1.29, 1.82) is 0 Å². The number of benzene rings is 1. The molecule has 3 amide bonds. The van der Waals surface area contributed by atoms with Gasteiger partial charge in [-0.2, -0.15) is 0 Å². The Balaban J connectivity index is 1.23. The molecule has 4 bridgehead atoms. The Labute approximate surface area is 170 Å². The first kappa shape index (κ1) is 19.7. The van der Waals surface area contributed by atoms with E-state index in [9.17, 15) is 14.4 Å². The summed E-state index contributed by atoms with van der Waals surface area (Å²) >= 11 is 0. The van der Waals surface area contributed by atoms with Gasteiger partial charge in [-0.15, -0.1) is 0 Å². The normalized spacial score (nSPS) is 29.2. The van der Waals surface area contributed by atoms with Crippen molar-refractivity contribution in [2.45, 2.75) is 45.4 Å². The monoisotopic (exact) mass is 399 g/mol. The summed E-state index contributed by atoms with van der Waals surface area (Å²) in [4.78, 5) is 37.1. The molecule has 3 N–H and O–H groups in total. The van der Waals surface area contributed by atoms with Gasteiger partial charge in [-0.3, -0.25) is 25.2 Å². The number of carbonyl (C=O) groups is 3. The van der Waals surface area contributed by atoms with Crippen LogP contribution in [0.3, 0.4) is 0 Å². The number of hydrogen-bond donors (Lipinski definition) is 3. The fraction of sp³-hybridized carbons (Fsp3) is 0.591. The number of carbonyl (C=O) groups excluding carboxylic acids is 3. The zero-order chi connectivity index (χ0) is 20.4. The molecular weight excluding hydrogens is 370 g/mol. The minimum Gasteiger partial charge on any atom is -0.494 e. The largest absolute Gasteiger partial charge is 0.494 e. The maximum absolute atomic E-state index is 12.9. The van der Waals surface area contributed by atoms with Crippen LogP contribution in [0.25, 0.3) is 0 Å². The van der Waals surface area contributed by atoms with Crippen molar-refractivity contribution < 1.29 is 19.1 Å². The molecule has 0 aliphatic heterocycles. The van der Waals surface area contributed by atoms with Gasteiger partial charge in [-0.1, -0.05) is 0 Å². The summed E-state index contributed by atoms with van der Waals surface area (Å²) < 4.78 is 5.34. The molecule has 29 heavy (non-hydrogen) atoms. The molecule has 1 aromatic carbocycles. The predicted molar refractivity (Wildman–Crippen MR) is 107 cm³/mol. The fourth-order valence-electron chi connectivity index (χ4n) is 5.85. The summed E-state index contributed by atoms with van der Waals surface area (Å²) in [6.07, 6.45) is 6.68. The molecular formula is C22H29N3O4. The minimum absolute atomic E-state index is 0.00425. The third-order valence-corrected chi connectivity index (χ3v) is 6.67. The van der Waals surface area contributed by atoms with E-state index >= 15 is 0 Å². The van der Waals surface area contributed by atoms with Crippen molar-refractivity contribution in [3.8, 4) is 5.75 Å². The summed E-state index contributed by atoms with van der Waals surface area (Å²) in [7, 11) is 0. The lowest BCUT2D eigenvalue weighted by atomic mass is 9.49. The number of hydrogen-bond acceptors (Lipinski definition) is 4. The highest BCUT2D eigenvalue weighted by Gasteiger charge is 2.54. The van der Waals surface area contributed by atoms with E-state index in [0.717, 1.165) is 19.3 Å². The van der Waals surface area contributed by atoms with Crippen LogP contribution in [0.1, 0.15) is 55.8 Å². The van der Waals surface area contributed by atoms with Gasteiger partial charge in [-0.25, -0.2) is 0 Å². The van der Waals surface area contributed by atoms with Crippen LogP contribution < -0.4 is 20.9 Å². The molecule has 4 aliphatic rings. The van der Waals surface area contributed by atoms with Gasteiger partial charge in [0.25, 0.3) is 11.8 Å². The summed E-state index contributed by atoms with van der Waals surface area (Å²) in [6, 6.07) is 6.65. The van der Waals surface area contributed by atoms with Crippen molar-refractivity contribution in [1.82, 2.24) is 16.2 Å². The Kier molecular flexibility index (Phi) is 5.48. The van der Waals surface area contributed by atoms with Crippen LogP contribution in [0.5, 0.6) is 5.75 Å². The summed E-state index contributed by atoms with van der Waals surface area (Å²) in [5.41, 5.74) is 4.88. The van der Waals surface area contributed by atoms with E-state index in [1.165, 1.54) is 19.3 Å². The van der Waals surface area contributed by atoms with Crippen molar-refractivity contribution >= 4 is 17.7 Å². The fourth-order valence-corrected chi connectivity index (χ4v) is 5.85. The van der Waals surface area contributed by atoms with E-state index in [1.807, 2.05) is 6.92 Å². The second-order valence-corrected chi connectivity index (χ2v) is 8.84. The second kappa shape index (κ2) is 8.05. The number of ether oxygens (including phenoxy) is 1. The molecule has 4 aliphatic carbocycles. The third kappa shape index (κ3) is 4.23. The summed E-state index contributed by atoms with van der Waals surface area (Å²) in [6.45, 7) is 2.30. The number of rotatable bonds is 6. The number of amides is 3. The lowest BCUT2D eigenvalue weighted by Crippen LogP contribution is -2.55. The second-order valence-electron chi connectivity index (χ2n) is 8.84. The van der Waals surface area contributed by atoms with Crippen LogP contribution in [0, 0.1) is 23.2 Å². The van der Waals surface area contributed by atoms with Gasteiger partial charge in [0, 0.05) is 11.0 Å². The average molecular weight is 399 g/mol. The van der Waals surface area contributed by atoms with E-state index in [4.69, 9.17) is 4.74 Å². The van der Waals surface area contributed by atoms with Crippen molar-refractivity contribution in [2.24, 2.45) is 23.2 Å². The third-order valence-electron chi connectivity index (χ3n) is 6.67. The molecule has 4 saturated carbocycles. The first-order valence-electron chi connectivity index (χ1n) is 10.6. The van der Waals surface area contributed by atoms with E-state index < -0.39 is 11.8 Å². The molecule has 0 unspecified atom stereocenters. The SMILES string of the molecule is CCOc1ccc(C(=O)NNC(=O)CNC(=O)C23CC4CC(CC(C4)C2)C3)cc1. The van der Waals surface area contributed by atoms with E-state index in [1.54, 1.807) is 24.3 Å². The van der Waals surface area contributed by atoms with Crippen molar-refractivity contribution in [2.75, 3.05) is 13.2 Å². The molecule has 0 aromatic heterocycles. The van der Waals surface area contributed by atoms with Crippen molar-refractivity contribution in [3.63, 3.8) is 0 Å². The minimum atomic E-state index is -0.442. The van der Waals surface area contributed by atoms with Gasteiger partial charge in [0.15, 0.2) is 0 Å². The summed E-state index contributed by atoms with van der Waals surface area (Å²) in [5.74, 6) is 1.85. The Bertz CT molecular complexity index is 754. The smallest absolute Gasteiger partial charge is 0.269 e. The standard InChI is InChI=1S/C22H29N3O4/c1-2-29-18-5-3-17(4-6-18)20(27)25-24-19(26)13-23-21(28)22-10-14-7-15(11-22)9-16(8-14)12-22/h3-6,14-16H,2,7-13H2,1H3,(H,23,28)(H,24,26)(H,25,27). The van der Waals surface area contributed by atoms with E-state index in [2.05, 4.69) is 16.2 Å². The van der Waals surface area contributed by atoms with Crippen LogP contribution in [-0.2, 0) is 9.59 Å². The Morgan fingerprint density at radius 2 is 1.55 bits per heavy atom. The maximum atomic E-state index is 12.9. The molecule has 0 saturated heterocycles. The molecule has 5 rings (SSSR count). The lowest BCUT2D eigenvalue weighted by molar-refractivity contribution is -0.147. The predicted octanol–water partition coefficient (Wildman–Crippen LogP) is 2.18. The first-order valence-corrected chi connectivity index (χ1v) is 10.6. The highest BCUT2D eigenvalue weighted by Crippen LogP contribution is 2.60. The first-order chi connectivity index (χ1) is 14.0. The topological polar surface area (TPSA) is 96.5 Å². The Morgan fingerprint density at radius 3 is 2.10 bits per heavy atom. The van der Waals surface area contributed by atoms with Crippen LogP contribution in [-0.4, -0.2) is 30.9 Å². The van der Waals surface area contributed by atoms with Gasteiger partial charge < -0.3 is 10.1 Å². The molecule has 7 nitrogen and oxygen atoms in total. The Hall–Kier alpha value is -2.57. The molecule has 156 valence electrons. The molecule has 1 aromatic rings. The van der Waals surface area contributed by atoms with Crippen molar-refractivity contribution in [3.05, 3.63) is 29.8 Å². The van der Waals surface area contributed by atoms with Gasteiger partial charge in [0.1, 0.15) is 5.75 Å². The van der Waals surface area contributed by atoms with Gasteiger partial charge in [0.2, 0.25) is 5.91 Å². The zero-order valence-corrected chi connectivity index (χ0v) is 16.8. The van der Waals surface area contributed by atoms with Crippen LogP contribution in [0.4, 0.5) is 0 Å². The molecule has 4 fully saturated rings. The number of nitrogens with one attached hydrogen (secondary N) is 3. The average Bonchev–Trinajstić information content (AvgIpc) is 2.70. The number of hydrazine groups is 1. The zero-order valence-electron chi connectivity index (χ0n) is 16.8. The molecule has 0 radical (unpaired) electrons. The summed E-state index contributed by atoms with van der Waals surface area (Å²) in [5, 5.41) is 2.81. The highest BCUT2D eigenvalue weighted by molar-refractivity contribution is 5.96. The van der Waals surface area contributed by atoms with Gasteiger partial charge in [0.05, 0.1) is 13.2 Å². The van der Waals surface area contributed by atoms with Crippen LogP contribution in [0.2, 0.25) is 0 Å². The van der Waals surface area contributed by atoms with E-state index in [-0.39, 0.29) is 17.9 Å². The maximum Gasteiger partial charge on any atom is 0.269 e. The Morgan fingerprint density at radius 1 is 0.966 bits per heavy atom. The molecule has 0 atom stereocenters. The highest BCUT2D eigenvalue weighted by atomic mass is 16.5. The van der Waals surface area contributed by atoms with Crippen LogP contribution >= 0.6 is 0 Å². The molecule has 7 heteroatoms. The quantitative estimate of drug-likeness (QED) is 0.639.